The zero-order valence-electron chi connectivity index (χ0n) is 16.6. The van der Waals surface area contributed by atoms with Gasteiger partial charge in [-0.15, -0.1) is 0 Å². The van der Waals surface area contributed by atoms with Crippen molar-refractivity contribution in [3.05, 3.63) is 0 Å². The molecular weight excluding hydrogens is 296 g/mol. The van der Waals surface area contributed by atoms with Crippen LogP contribution in [0.5, 0.6) is 0 Å². The monoisotopic (exact) mass is 340 g/mol. The molecule has 0 rings (SSSR count). The molecule has 0 saturated heterocycles. The van der Waals surface area contributed by atoms with Crippen molar-refractivity contribution in [1.29, 1.82) is 0 Å². The summed E-state index contributed by atoms with van der Waals surface area (Å²) in [6.45, 7) is 6.14. The molecule has 144 valence electrons. The zero-order chi connectivity index (χ0) is 17.7. The van der Waals surface area contributed by atoms with E-state index in [1.807, 2.05) is 0 Å². The summed E-state index contributed by atoms with van der Waals surface area (Å²) in [6.07, 6.45) is 20.9. The van der Waals surface area contributed by atoms with Crippen LogP contribution in [0.3, 0.4) is 0 Å². The maximum absolute atomic E-state index is 11.6. The Morgan fingerprint density at radius 2 is 0.792 bits per heavy atom. The first kappa shape index (κ1) is 23.3. The van der Waals surface area contributed by atoms with Crippen molar-refractivity contribution in [2.24, 2.45) is 0 Å². The Morgan fingerprint density at radius 1 is 0.500 bits per heavy atom. The third-order valence-corrected chi connectivity index (χ3v) is 4.63. The lowest BCUT2D eigenvalue weighted by molar-refractivity contribution is 0.240. The first-order valence-electron chi connectivity index (χ1n) is 10.8. The van der Waals surface area contributed by atoms with Gasteiger partial charge >= 0.3 is 6.03 Å². The van der Waals surface area contributed by atoms with Gasteiger partial charge in [-0.2, -0.15) is 0 Å². The maximum atomic E-state index is 11.6. The molecule has 2 amide bonds. The van der Waals surface area contributed by atoms with Gasteiger partial charge in [-0.05, 0) is 12.8 Å². The summed E-state index contributed by atoms with van der Waals surface area (Å²) in [5, 5.41) is 5.94. The largest absolute Gasteiger partial charge is 0.338 e. The van der Waals surface area contributed by atoms with Crippen LogP contribution < -0.4 is 10.6 Å². The number of nitrogens with one attached hydrogen (secondary N) is 2. The summed E-state index contributed by atoms with van der Waals surface area (Å²) in [6, 6.07) is 0.0144. The lowest BCUT2D eigenvalue weighted by atomic mass is 10.1. The number of rotatable bonds is 18. The Labute approximate surface area is 151 Å². The molecule has 3 heteroatoms. The standard InChI is InChI=1S/C21H44N2O/c1-3-5-7-9-11-12-14-16-18-20-23-21(24)22-19-17-15-13-10-8-6-4-2/h3-20H2,1-2H3,(H2,22,23,24). The molecule has 0 aliphatic rings. The van der Waals surface area contributed by atoms with Gasteiger partial charge in [0.2, 0.25) is 0 Å². The molecular formula is C21H44N2O. The first-order valence-corrected chi connectivity index (χ1v) is 10.8. The lowest BCUT2D eigenvalue weighted by Crippen LogP contribution is -2.36. The van der Waals surface area contributed by atoms with Gasteiger partial charge in [-0.25, -0.2) is 4.79 Å². The van der Waals surface area contributed by atoms with Gasteiger partial charge in [0.05, 0.1) is 0 Å². The maximum Gasteiger partial charge on any atom is 0.314 e. The highest BCUT2D eigenvalue weighted by atomic mass is 16.2. The molecule has 2 N–H and O–H groups in total. The highest BCUT2D eigenvalue weighted by molar-refractivity contribution is 5.73. The van der Waals surface area contributed by atoms with Gasteiger partial charge in [0.15, 0.2) is 0 Å². The molecule has 0 fully saturated rings. The van der Waals surface area contributed by atoms with Gasteiger partial charge in [0, 0.05) is 13.1 Å². The predicted octanol–water partition coefficient (Wildman–Crippen LogP) is 6.57. The van der Waals surface area contributed by atoms with E-state index in [1.54, 1.807) is 0 Å². The van der Waals surface area contributed by atoms with Crippen molar-refractivity contribution >= 4 is 6.03 Å². The fourth-order valence-corrected chi connectivity index (χ4v) is 2.98. The molecule has 3 nitrogen and oxygen atoms in total. The average molecular weight is 341 g/mol. The van der Waals surface area contributed by atoms with Crippen molar-refractivity contribution in [3.63, 3.8) is 0 Å². The van der Waals surface area contributed by atoms with Crippen molar-refractivity contribution in [3.8, 4) is 0 Å². The molecule has 0 radical (unpaired) electrons. The van der Waals surface area contributed by atoms with Gasteiger partial charge in [0.25, 0.3) is 0 Å². The average Bonchev–Trinajstić information content (AvgIpc) is 2.59. The molecule has 24 heavy (non-hydrogen) atoms. The third-order valence-electron chi connectivity index (χ3n) is 4.63. The van der Waals surface area contributed by atoms with Crippen LogP contribution in [0.1, 0.15) is 117 Å². The summed E-state index contributed by atoms with van der Waals surface area (Å²) in [5.74, 6) is 0. The van der Waals surface area contributed by atoms with Gasteiger partial charge in [-0.3, -0.25) is 0 Å². The molecule has 0 aliphatic carbocycles. The molecule has 0 aromatic heterocycles. The smallest absolute Gasteiger partial charge is 0.314 e. The van der Waals surface area contributed by atoms with E-state index in [0.29, 0.717) is 0 Å². The highest BCUT2D eigenvalue weighted by Crippen LogP contribution is 2.09. The quantitative estimate of drug-likeness (QED) is 0.272. The van der Waals surface area contributed by atoms with E-state index in [4.69, 9.17) is 0 Å². The number of carbonyl (C=O) groups is 1. The van der Waals surface area contributed by atoms with Crippen molar-refractivity contribution in [2.75, 3.05) is 13.1 Å². The van der Waals surface area contributed by atoms with Crippen LogP contribution in [0.2, 0.25) is 0 Å². The van der Waals surface area contributed by atoms with E-state index in [1.165, 1.54) is 89.9 Å². The van der Waals surface area contributed by atoms with E-state index in [-0.39, 0.29) is 6.03 Å². The van der Waals surface area contributed by atoms with E-state index in [0.717, 1.165) is 25.9 Å². The molecule has 0 aromatic carbocycles. The van der Waals surface area contributed by atoms with Gasteiger partial charge in [-0.1, -0.05) is 104 Å². The number of hydrogen-bond donors (Lipinski definition) is 2. The van der Waals surface area contributed by atoms with E-state index < -0.39 is 0 Å². The normalized spacial score (nSPS) is 10.8. The molecule has 0 aliphatic heterocycles. The van der Waals surface area contributed by atoms with Crippen LogP contribution in [0.15, 0.2) is 0 Å². The van der Waals surface area contributed by atoms with Crippen LogP contribution in [0, 0.1) is 0 Å². The minimum Gasteiger partial charge on any atom is -0.338 e. The van der Waals surface area contributed by atoms with Crippen LogP contribution in [0.4, 0.5) is 4.79 Å². The summed E-state index contributed by atoms with van der Waals surface area (Å²) < 4.78 is 0. The fraction of sp³-hybridized carbons (Fsp3) is 0.952. The summed E-state index contributed by atoms with van der Waals surface area (Å²) >= 11 is 0. The third kappa shape index (κ3) is 19.3. The topological polar surface area (TPSA) is 41.1 Å². The Kier molecular flexibility index (Phi) is 19.7. The Bertz CT molecular complexity index is 256. The molecule has 0 heterocycles. The lowest BCUT2D eigenvalue weighted by Gasteiger charge is -2.07. The Morgan fingerprint density at radius 3 is 1.12 bits per heavy atom. The van der Waals surface area contributed by atoms with Crippen molar-refractivity contribution in [1.82, 2.24) is 10.6 Å². The molecule has 0 unspecified atom stereocenters. The fourth-order valence-electron chi connectivity index (χ4n) is 2.98. The second kappa shape index (κ2) is 20.3. The van der Waals surface area contributed by atoms with E-state index in [9.17, 15) is 4.79 Å². The van der Waals surface area contributed by atoms with Crippen LogP contribution in [-0.4, -0.2) is 19.1 Å². The zero-order valence-corrected chi connectivity index (χ0v) is 16.6. The predicted molar refractivity (Wildman–Crippen MR) is 107 cm³/mol. The molecule has 0 aromatic rings. The van der Waals surface area contributed by atoms with E-state index in [2.05, 4.69) is 24.5 Å². The number of urea groups is 1. The van der Waals surface area contributed by atoms with Crippen molar-refractivity contribution < 1.29 is 4.79 Å². The Hall–Kier alpha value is -0.730. The van der Waals surface area contributed by atoms with Crippen LogP contribution in [-0.2, 0) is 0 Å². The molecule has 0 saturated carbocycles. The van der Waals surface area contributed by atoms with E-state index >= 15 is 0 Å². The Balaban J connectivity index is 3.13. The first-order chi connectivity index (χ1) is 11.8. The van der Waals surface area contributed by atoms with Crippen LogP contribution >= 0.6 is 0 Å². The molecule has 0 spiro atoms. The van der Waals surface area contributed by atoms with Crippen LogP contribution in [0.25, 0.3) is 0 Å². The molecule has 0 atom stereocenters. The number of hydrogen-bond acceptors (Lipinski definition) is 1. The minimum absolute atomic E-state index is 0.0144. The summed E-state index contributed by atoms with van der Waals surface area (Å²) in [7, 11) is 0. The second-order valence-electron chi connectivity index (χ2n) is 7.13. The minimum atomic E-state index is 0.0144. The van der Waals surface area contributed by atoms with Gasteiger partial charge < -0.3 is 10.6 Å². The SMILES string of the molecule is CCCCCCCCCCCNC(=O)NCCCCCCCCC. The summed E-state index contributed by atoms with van der Waals surface area (Å²) in [4.78, 5) is 11.6. The molecule has 0 bridgehead atoms. The summed E-state index contributed by atoms with van der Waals surface area (Å²) in [5.41, 5.74) is 0. The number of carbonyl (C=O) groups excluding carboxylic acids is 1. The number of unbranched alkanes of at least 4 members (excludes halogenated alkanes) is 14. The highest BCUT2D eigenvalue weighted by Gasteiger charge is 1.99. The van der Waals surface area contributed by atoms with Gasteiger partial charge in [0.1, 0.15) is 0 Å². The second-order valence-corrected chi connectivity index (χ2v) is 7.13. The van der Waals surface area contributed by atoms with Crippen molar-refractivity contribution in [2.45, 2.75) is 117 Å². The number of amides is 2.